The Morgan fingerprint density at radius 1 is 1.28 bits per heavy atom. The second-order valence-corrected chi connectivity index (χ2v) is 7.17. The van der Waals surface area contributed by atoms with Crippen molar-refractivity contribution in [3.05, 3.63) is 42.1 Å². The Balaban J connectivity index is 1.55. The summed E-state index contributed by atoms with van der Waals surface area (Å²) >= 11 is 0. The molecule has 1 atom stereocenters. The van der Waals surface area contributed by atoms with Crippen LogP contribution in [0.5, 0.6) is 0 Å². The van der Waals surface area contributed by atoms with E-state index in [9.17, 15) is 4.79 Å². The molecule has 1 saturated heterocycles. The largest absolute Gasteiger partial charge is 0.341 e. The van der Waals surface area contributed by atoms with Crippen molar-refractivity contribution in [2.24, 2.45) is 0 Å². The summed E-state index contributed by atoms with van der Waals surface area (Å²) in [5.74, 6) is 0.194. The van der Waals surface area contributed by atoms with Crippen molar-refractivity contribution in [2.45, 2.75) is 25.4 Å². The molecule has 0 N–H and O–H groups in total. The summed E-state index contributed by atoms with van der Waals surface area (Å²) in [4.78, 5) is 23.4. The monoisotopic (exact) mass is 340 g/mol. The van der Waals surface area contributed by atoms with E-state index >= 15 is 0 Å². The molecule has 1 aromatic carbocycles. The highest BCUT2D eigenvalue weighted by atomic mass is 16.2. The van der Waals surface area contributed by atoms with Gasteiger partial charge in [-0.3, -0.25) is 9.78 Å². The number of amides is 1. The van der Waals surface area contributed by atoms with Gasteiger partial charge in [-0.1, -0.05) is 18.2 Å². The minimum Gasteiger partial charge on any atom is -0.341 e. The lowest BCUT2D eigenvalue weighted by Gasteiger charge is -2.25. The SMILES string of the molecule is CN1CC[C@H](N(C)CCC(=O)N(C)Cc2cccc3ncccc23)C1. The van der Waals surface area contributed by atoms with Gasteiger partial charge in [-0.05, 0) is 44.8 Å². The fourth-order valence-corrected chi connectivity index (χ4v) is 3.57. The molecule has 1 amide bonds. The summed E-state index contributed by atoms with van der Waals surface area (Å²) in [5, 5.41) is 1.12. The summed E-state index contributed by atoms with van der Waals surface area (Å²) < 4.78 is 0. The van der Waals surface area contributed by atoms with Crippen LogP contribution in [0.1, 0.15) is 18.4 Å². The summed E-state index contributed by atoms with van der Waals surface area (Å²) in [7, 11) is 6.18. The number of nitrogens with zero attached hydrogens (tertiary/aromatic N) is 4. The average molecular weight is 340 g/mol. The van der Waals surface area contributed by atoms with Gasteiger partial charge in [0.2, 0.25) is 5.91 Å². The molecular formula is C20H28N4O. The number of fused-ring (bicyclic) bond motifs is 1. The van der Waals surface area contributed by atoms with E-state index in [2.05, 4.69) is 41.0 Å². The molecule has 3 rings (SSSR count). The predicted octanol–water partition coefficient (Wildman–Crippen LogP) is 2.22. The maximum atomic E-state index is 12.5. The Hall–Kier alpha value is -1.98. The zero-order valence-corrected chi connectivity index (χ0v) is 15.5. The van der Waals surface area contributed by atoms with E-state index < -0.39 is 0 Å². The van der Waals surface area contributed by atoms with E-state index in [0.717, 1.165) is 36.1 Å². The molecule has 0 unspecified atom stereocenters. The van der Waals surface area contributed by atoms with Crippen LogP contribution in [0.15, 0.2) is 36.5 Å². The zero-order chi connectivity index (χ0) is 17.8. The lowest BCUT2D eigenvalue weighted by Crippen LogP contribution is -2.37. The van der Waals surface area contributed by atoms with Crippen LogP contribution in [0.3, 0.4) is 0 Å². The second kappa shape index (κ2) is 7.93. The maximum Gasteiger partial charge on any atom is 0.223 e. The van der Waals surface area contributed by atoms with Crippen LogP contribution in [-0.2, 0) is 11.3 Å². The zero-order valence-electron chi connectivity index (χ0n) is 15.5. The molecule has 2 aromatic rings. The first-order chi connectivity index (χ1) is 12.0. The summed E-state index contributed by atoms with van der Waals surface area (Å²) in [6, 6.07) is 10.7. The fourth-order valence-electron chi connectivity index (χ4n) is 3.57. The summed E-state index contributed by atoms with van der Waals surface area (Å²) in [5.41, 5.74) is 2.12. The summed E-state index contributed by atoms with van der Waals surface area (Å²) in [6.45, 7) is 3.69. The van der Waals surface area contributed by atoms with Crippen LogP contribution >= 0.6 is 0 Å². The minimum absolute atomic E-state index is 0.194. The Morgan fingerprint density at radius 3 is 2.88 bits per heavy atom. The number of likely N-dealkylation sites (N-methyl/N-ethyl adjacent to an activating group) is 2. The van der Waals surface area contributed by atoms with Crippen molar-refractivity contribution >= 4 is 16.8 Å². The van der Waals surface area contributed by atoms with Crippen LogP contribution in [0.4, 0.5) is 0 Å². The molecule has 0 radical (unpaired) electrons. The molecular weight excluding hydrogens is 312 g/mol. The van der Waals surface area contributed by atoms with Crippen LogP contribution < -0.4 is 0 Å². The smallest absolute Gasteiger partial charge is 0.223 e. The lowest BCUT2D eigenvalue weighted by molar-refractivity contribution is -0.130. The lowest BCUT2D eigenvalue weighted by atomic mass is 10.1. The highest BCUT2D eigenvalue weighted by Gasteiger charge is 2.23. The van der Waals surface area contributed by atoms with E-state index in [1.54, 1.807) is 6.20 Å². The first-order valence-electron chi connectivity index (χ1n) is 9.00. The van der Waals surface area contributed by atoms with E-state index in [1.807, 2.05) is 30.1 Å². The van der Waals surface area contributed by atoms with Gasteiger partial charge in [-0.15, -0.1) is 0 Å². The Labute approximate surface area is 150 Å². The van der Waals surface area contributed by atoms with Gasteiger partial charge in [-0.2, -0.15) is 0 Å². The Kier molecular flexibility index (Phi) is 5.66. The van der Waals surface area contributed by atoms with E-state index in [0.29, 0.717) is 19.0 Å². The quantitative estimate of drug-likeness (QED) is 0.808. The fraction of sp³-hybridized carbons (Fsp3) is 0.500. The van der Waals surface area contributed by atoms with Gasteiger partial charge < -0.3 is 14.7 Å². The molecule has 1 aromatic heterocycles. The number of likely N-dealkylation sites (tertiary alicyclic amines) is 1. The van der Waals surface area contributed by atoms with Crippen molar-refractivity contribution in [1.29, 1.82) is 0 Å². The van der Waals surface area contributed by atoms with Crippen LogP contribution in [-0.4, -0.2) is 72.4 Å². The third-order valence-corrected chi connectivity index (χ3v) is 5.24. The molecule has 1 aliphatic heterocycles. The molecule has 25 heavy (non-hydrogen) atoms. The number of carbonyl (C=O) groups is 1. The minimum atomic E-state index is 0.194. The number of hydrogen-bond acceptors (Lipinski definition) is 4. The van der Waals surface area contributed by atoms with Gasteiger partial charge in [0.25, 0.3) is 0 Å². The number of benzene rings is 1. The number of hydrogen-bond donors (Lipinski definition) is 0. The molecule has 0 bridgehead atoms. The van der Waals surface area contributed by atoms with Crippen molar-refractivity contribution in [3.8, 4) is 0 Å². The molecule has 2 heterocycles. The first kappa shape index (κ1) is 17.8. The van der Waals surface area contributed by atoms with Crippen LogP contribution in [0, 0.1) is 0 Å². The molecule has 0 aliphatic carbocycles. The van der Waals surface area contributed by atoms with Gasteiger partial charge >= 0.3 is 0 Å². The molecule has 1 aliphatic rings. The van der Waals surface area contributed by atoms with E-state index in [1.165, 1.54) is 6.42 Å². The molecule has 5 nitrogen and oxygen atoms in total. The normalized spacial score (nSPS) is 18.2. The molecule has 0 saturated carbocycles. The van der Waals surface area contributed by atoms with Crippen molar-refractivity contribution < 1.29 is 4.79 Å². The molecule has 134 valence electrons. The van der Waals surface area contributed by atoms with Gasteiger partial charge in [0.05, 0.1) is 5.52 Å². The third-order valence-electron chi connectivity index (χ3n) is 5.24. The number of rotatable bonds is 6. The standard InChI is InChI=1S/C20H28N4O/c1-22-12-9-17(15-22)23(2)13-10-20(25)24(3)14-16-6-4-8-19-18(16)7-5-11-21-19/h4-8,11,17H,9-10,12-15H2,1-3H3/t17-/m0/s1. The van der Waals surface area contributed by atoms with E-state index in [4.69, 9.17) is 0 Å². The highest BCUT2D eigenvalue weighted by molar-refractivity contribution is 5.83. The predicted molar refractivity (Wildman–Crippen MR) is 101 cm³/mol. The second-order valence-electron chi connectivity index (χ2n) is 7.17. The van der Waals surface area contributed by atoms with Crippen LogP contribution in [0.25, 0.3) is 10.9 Å². The van der Waals surface area contributed by atoms with E-state index in [-0.39, 0.29) is 5.91 Å². The maximum absolute atomic E-state index is 12.5. The third kappa shape index (κ3) is 4.35. The van der Waals surface area contributed by atoms with Crippen molar-refractivity contribution in [1.82, 2.24) is 19.7 Å². The number of aromatic nitrogens is 1. The average Bonchev–Trinajstić information content (AvgIpc) is 3.06. The van der Waals surface area contributed by atoms with Gasteiger partial charge in [-0.25, -0.2) is 0 Å². The van der Waals surface area contributed by atoms with Gasteiger partial charge in [0.15, 0.2) is 0 Å². The Bertz CT molecular complexity index is 727. The van der Waals surface area contributed by atoms with Gasteiger partial charge in [0.1, 0.15) is 0 Å². The van der Waals surface area contributed by atoms with Gasteiger partial charge in [0, 0.05) is 50.7 Å². The number of carbonyl (C=O) groups excluding carboxylic acids is 1. The molecule has 0 spiro atoms. The first-order valence-corrected chi connectivity index (χ1v) is 9.00. The highest BCUT2D eigenvalue weighted by Crippen LogP contribution is 2.18. The molecule has 1 fully saturated rings. The topological polar surface area (TPSA) is 39.7 Å². The Morgan fingerprint density at radius 2 is 2.12 bits per heavy atom. The number of pyridine rings is 1. The molecule has 5 heteroatoms. The van der Waals surface area contributed by atoms with Crippen molar-refractivity contribution in [2.75, 3.05) is 40.8 Å². The summed E-state index contributed by atoms with van der Waals surface area (Å²) in [6.07, 6.45) is 3.56. The van der Waals surface area contributed by atoms with Crippen molar-refractivity contribution in [3.63, 3.8) is 0 Å². The van der Waals surface area contributed by atoms with Crippen LogP contribution in [0.2, 0.25) is 0 Å².